The van der Waals surface area contributed by atoms with E-state index >= 15 is 0 Å². The van der Waals surface area contributed by atoms with Crippen LogP contribution in [-0.2, 0) is 0 Å². The third kappa shape index (κ3) is 3.92. The maximum atomic E-state index is 12.3. The summed E-state index contributed by atoms with van der Waals surface area (Å²) in [7, 11) is 0. The monoisotopic (exact) mass is 284 g/mol. The van der Waals surface area contributed by atoms with Crippen molar-refractivity contribution in [2.75, 3.05) is 19.0 Å². The van der Waals surface area contributed by atoms with Crippen LogP contribution in [0.3, 0.4) is 0 Å². The zero-order valence-electron chi connectivity index (χ0n) is 11.1. The number of alkyl halides is 1. The average molecular weight is 285 g/mol. The minimum atomic E-state index is -0.466. The molecule has 0 radical (unpaired) electrons. The van der Waals surface area contributed by atoms with E-state index in [-0.39, 0.29) is 11.6 Å². The number of carbonyl (C=O) groups excluding carboxylic acids is 1. The van der Waals surface area contributed by atoms with E-state index in [9.17, 15) is 14.9 Å². The molecule has 0 heterocycles. The predicted molar refractivity (Wildman–Crippen MR) is 74.7 cm³/mol. The Balaban J connectivity index is 2.95. The van der Waals surface area contributed by atoms with Gasteiger partial charge < -0.3 is 4.90 Å². The molecule has 0 spiro atoms. The summed E-state index contributed by atoms with van der Waals surface area (Å²) >= 11 is 5.63. The molecule has 1 rings (SSSR count). The number of aryl methyl sites for hydroxylation is 1. The van der Waals surface area contributed by atoms with Crippen molar-refractivity contribution in [3.05, 3.63) is 39.4 Å². The number of nitrogens with zero attached hydrogens (tertiary/aromatic N) is 2. The Kier molecular flexibility index (Phi) is 5.76. The van der Waals surface area contributed by atoms with Crippen LogP contribution in [0.15, 0.2) is 18.2 Å². The van der Waals surface area contributed by atoms with E-state index in [1.807, 2.05) is 6.92 Å². The van der Waals surface area contributed by atoms with E-state index < -0.39 is 4.92 Å². The fraction of sp³-hybridized carbons (Fsp3) is 0.462. The first-order valence-corrected chi connectivity index (χ1v) is 6.65. The minimum Gasteiger partial charge on any atom is -0.339 e. The molecular weight excluding hydrogens is 268 g/mol. The molecule has 0 aromatic heterocycles. The van der Waals surface area contributed by atoms with Crippen LogP contribution >= 0.6 is 11.6 Å². The second-order valence-electron chi connectivity index (χ2n) is 4.18. The normalized spacial score (nSPS) is 10.3. The topological polar surface area (TPSA) is 63.5 Å². The highest BCUT2D eigenvalue weighted by molar-refractivity contribution is 6.17. The van der Waals surface area contributed by atoms with Gasteiger partial charge in [0.2, 0.25) is 0 Å². The molecular formula is C13H17ClN2O3. The van der Waals surface area contributed by atoms with Gasteiger partial charge in [0.05, 0.1) is 4.92 Å². The van der Waals surface area contributed by atoms with Gasteiger partial charge in [0, 0.05) is 36.7 Å². The number of halogens is 1. The lowest BCUT2D eigenvalue weighted by Crippen LogP contribution is -2.32. The number of carbonyl (C=O) groups is 1. The first-order chi connectivity index (χ1) is 9.01. The number of hydrogen-bond acceptors (Lipinski definition) is 3. The number of amides is 1. The maximum Gasteiger partial charge on any atom is 0.269 e. The van der Waals surface area contributed by atoms with Gasteiger partial charge in [0.1, 0.15) is 0 Å². The summed E-state index contributed by atoms with van der Waals surface area (Å²) in [5.41, 5.74) is 1.11. The highest BCUT2D eigenvalue weighted by atomic mass is 35.5. The van der Waals surface area contributed by atoms with Crippen LogP contribution in [0.2, 0.25) is 0 Å². The molecule has 0 saturated carbocycles. The van der Waals surface area contributed by atoms with Gasteiger partial charge in [-0.05, 0) is 31.9 Å². The Hall–Kier alpha value is -1.62. The molecule has 104 valence electrons. The number of hydrogen-bond donors (Lipinski definition) is 0. The molecule has 5 nitrogen and oxygen atoms in total. The number of non-ortho nitro benzene ring substituents is 1. The van der Waals surface area contributed by atoms with Crippen LogP contribution in [-0.4, -0.2) is 34.7 Å². The van der Waals surface area contributed by atoms with Gasteiger partial charge in [-0.25, -0.2) is 0 Å². The summed E-state index contributed by atoms with van der Waals surface area (Å²) in [6.45, 7) is 4.78. The summed E-state index contributed by atoms with van der Waals surface area (Å²) in [4.78, 5) is 24.2. The molecule has 1 amide bonds. The highest BCUT2D eigenvalue weighted by Crippen LogP contribution is 2.18. The molecule has 0 aliphatic heterocycles. The van der Waals surface area contributed by atoms with Crippen molar-refractivity contribution in [2.45, 2.75) is 20.3 Å². The van der Waals surface area contributed by atoms with E-state index in [4.69, 9.17) is 11.6 Å². The second-order valence-corrected chi connectivity index (χ2v) is 4.56. The largest absolute Gasteiger partial charge is 0.339 e. The van der Waals surface area contributed by atoms with Crippen molar-refractivity contribution < 1.29 is 9.72 Å². The zero-order valence-corrected chi connectivity index (χ0v) is 11.8. The summed E-state index contributed by atoms with van der Waals surface area (Å²) in [6.07, 6.45) is 0.729. The summed E-state index contributed by atoms with van der Waals surface area (Å²) in [5, 5.41) is 10.7. The summed E-state index contributed by atoms with van der Waals surface area (Å²) in [5.74, 6) is 0.392. The van der Waals surface area contributed by atoms with Gasteiger partial charge in [-0.3, -0.25) is 14.9 Å². The van der Waals surface area contributed by atoms with Gasteiger partial charge in [0.25, 0.3) is 11.6 Å². The van der Waals surface area contributed by atoms with Crippen molar-refractivity contribution >= 4 is 23.2 Å². The average Bonchev–Trinajstić information content (AvgIpc) is 2.39. The highest BCUT2D eigenvalue weighted by Gasteiger charge is 2.18. The van der Waals surface area contributed by atoms with E-state index in [2.05, 4.69) is 0 Å². The van der Waals surface area contributed by atoms with Gasteiger partial charge in [-0.15, -0.1) is 11.6 Å². The Labute approximate surface area is 117 Å². The lowest BCUT2D eigenvalue weighted by Gasteiger charge is -2.21. The molecule has 1 aromatic carbocycles. The molecule has 0 N–H and O–H groups in total. The summed E-state index contributed by atoms with van der Waals surface area (Å²) < 4.78 is 0. The zero-order chi connectivity index (χ0) is 14.4. The molecule has 0 aliphatic carbocycles. The molecule has 0 atom stereocenters. The molecule has 1 aromatic rings. The first kappa shape index (κ1) is 15.4. The van der Waals surface area contributed by atoms with Crippen LogP contribution in [0.1, 0.15) is 29.3 Å². The molecule has 0 aliphatic rings. The van der Waals surface area contributed by atoms with Crippen LogP contribution in [0.5, 0.6) is 0 Å². The van der Waals surface area contributed by atoms with E-state index in [1.165, 1.54) is 18.2 Å². The minimum absolute atomic E-state index is 0.00198. The number of rotatable bonds is 6. The molecule has 0 saturated heterocycles. The van der Waals surface area contributed by atoms with Gasteiger partial charge in [-0.2, -0.15) is 0 Å². The number of nitro benzene ring substituents is 1. The Morgan fingerprint density at radius 1 is 1.47 bits per heavy atom. The van der Waals surface area contributed by atoms with E-state index in [1.54, 1.807) is 11.8 Å². The van der Waals surface area contributed by atoms with Crippen LogP contribution < -0.4 is 0 Å². The predicted octanol–water partition coefficient (Wildman–Crippen LogP) is 2.99. The smallest absolute Gasteiger partial charge is 0.269 e. The fourth-order valence-corrected chi connectivity index (χ4v) is 1.95. The quantitative estimate of drug-likeness (QED) is 0.458. The number of nitro groups is 1. The second kappa shape index (κ2) is 7.09. The van der Waals surface area contributed by atoms with Gasteiger partial charge in [-0.1, -0.05) is 0 Å². The van der Waals surface area contributed by atoms with Crippen molar-refractivity contribution in [1.82, 2.24) is 4.90 Å². The number of benzene rings is 1. The SMILES string of the molecule is CCN(CCCCl)C(=O)c1ccc([N+](=O)[O-])cc1C. The molecule has 19 heavy (non-hydrogen) atoms. The van der Waals surface area contributed by atoms with Crippen LogP contribution in [0.4, 0.5) is 5.69 Å². The van der Waals surface area contributed by atoms with Crippen LogP contribution in [0.25, 0.3) is 0 Å². The lowest BCUT2D eigenvalue weighted by atomic mass is 10.1. The Morgan fingerprint density at radius 2 is 2.16 bits per heavy atom. The molecule has 6 heteroatoms. The first-order valence-electron chi connectivity index (χ1n) is 6.11. The van der Waals surface area contributed by atoms with Crippen molar-refractivity contribution in [3.8, 4) is 0 Å². The Morgan fingerprint density at radius 3 is 2.63 bits per heavy atom. The molecule has 0 fully saturated rings. The van der Waals surface area contributed by atoms with Crippen LogP contribution in [0, 0.1) is 17.0 Å². The van der Waals surface area contributed by atoms with Gasteiger partial charge >= 0.3 is 0 Å². The maximum absolute atomic E-state index is 12.3. The van der Waals surface area contributed by atoms with Crippen molar-refractivity contribution in [2.24, 2.45) is 0 Å². The third-order valence-electron chi connectivity index (χ3n) is 2.88. The van der Waals surface area contributed by atoms with Gasteiger partial charge in [0.15, 0.2) is 0 Å². The molecule has 0 bridgehead atoms. The fourth-order valence-electron chi connectivity index (χ4n) is 1.83. The lowest BCUT2D eigenvalue weighted by molar-refractivity contribution is -0.384. The standard InChI is InChI=1S/C13H17ClN2O3/c1-3-15(8-4-7-14)13(17)12-6-5-11(16(18)19)9-10(12)2/h5-6,9H,3-4,7-8H2,1-2H3. The molecule has 0 unspecified atom stereocenters. The van der Waals surface area contributed by atoms with E-state index in [0.717, 1.165) is 6.42 Å². The van der Waals surface area contributed by atoms with Crippen molar-refractivity contribution in [3.63, 3.8) is 0 Å². The summed E-state index contributed by atoms with van der Waals surface area (Å²) in [6, 6.07) is 4.29. The van der Waals surface area contributed by atoms with Crippen molar-refractivity contribution in [1.29, 1.82) is 0 Å². The van der Waals surface area contributed by atoms with E-state index in [0.29, 0.717) is 30.1 Å². The Bertz CT molecular complexity index is 477. The third-order valence-corrected chi connectivity index (χ3v) is 3.15.